The first-order valence-electron chi connectivity index (χ1n) is 7.60. The summed E-state index contributed by atoms with van der Waals surface area (Å²) < 4.78 is 0. The number of aromatic carboxylic acids is 1. The third kappa shape index (κ3) is 2.16. The van der Waals surface area contributed by atoms with Crippen molar-refractivity contribution in [3.05, 3.63) is 16.8 Å². The van der Waals surface area contributed by atoms with Crippen LogP contribution in [-0.2, 0) is 0 Å². The van der Waals surface area contributed by atoms with Crippen LogP contribution in [0.25, 0.3) is 10.2 Å². The summed E-state index contributed by atoms with van der Waals surface area (Å²) in [7, 11) is 0. The predicted molar refractivity (Wildman–Crippen MR) is 85.7 cm³/mol. The fraction of sp³-hybridized carbons (Fsp3) is 0.533. The highest BCUT2D eigenvalue weighted by atomic mass is 32.1. The topological polar surface area (TPSA) is 78.3 Å². The van der Waals surface area contributed by atoms with E-state index in [0.717, 1.165) is 28.1 Å². The van der Waals surface area contributed by atoms with Crippen LogP contribution in [0.2, 0.25) is 0 Å². The summed E-state index contributed by atoms with van der Waals surface area (Å²) in [6.07, 6.45) is 3.98. The van der Waals surface area contributed by atoms with E-state index in [1.54, 1.807) is 0 Å². The second kappa shape index (κ2) is 5.17. The highest BCUT2D eigenvalue weighted by molar-refractivity contribution is 7.20. The molecular weight excluding hydrogens is 300 g/mol. The lowest BCUT2D eigenvalue weighted by atomic mass is 9.84. The molecule has 2 aromatic rings. The average molecular weight is 318 g/mol. The van der Waals surface area contributed by atoms with Crippen LogP contribution in [0, 0.1) is 12.8 Å². The van der Waals surface area contributed by atoms with Crippen molar-refractivity contribution in [3.8, 4) is 0 Å². The minimum atomic E-state index is -0.894. The molecule has 2 N–H and O–H groups in total. The van der Waals surface area contributed by atoms with Gasteiger partial charge in [-0.1, -0.05) is 0 Å². The largest absolute Gasteiger partial charge is 0.477 e. The molecule has 2 bridgehead atoms. The summed E-state index contributed by atoms with van der Waals surface area (Å²) in [5.41, 5.74) is 0.761. The van der Waals surface area contributed by atoms with E-state index in [2.05, 4.69) is 20.2 Å². The molecule has 5 rings (SSSR count). The van der Waals surface area contributed by atoms with Crippen molar-refractivity contribution in [3.63, 3.8) is 0 Å². The van der Waals surface area contributed by atoms with Crippen molar-refractivity contribution in [1.29, 1.82) is 0 Å². The van der Waals surface area contributed by atoms with Crippen LogP contribution in [0.4, 0.5) is 5.82 Å². The first-order valence-corrected chi connectivity index (χ1v) is 8.41. The van der Waals surface area contributed by atoms with Crippen LogP contribution in [0.15, 0.2) is 6.33 Å². The molecule has 0 radical (unpaired) electrons. The number of hydrogen-bond donors (Lipinski definition) is 2. The summed E-state index contributed by atoms with van der Waals surface area (Å²) in [4.78, 5) is 23.5. The Kier molecular flexibility index (Phi) is 3.27. The van der Waals surface area contributed by atoms with Gasteiger partial charge in [-0.2, -0.15) is 0 Å². The standard InChI is InChI=1S/C15H18N4O2S/c1-8-11-13(16-7-17-14(11)22-12(8)15(20)21)18-10-6-19-4-2-9(10)3-5-19/h7,9-10H,2-6H2,1H3,(H,20,21)(H,16,17,18). The van der Waals surface area contributed by atoms with Gasteiger partial charge in [-0.3, -0.25) is 0 Å². The van der Waals surface area contributed by atoms with E-state index in [1.165, 1.54) is 43.6 Å². The maximum atomic E-state index is 11.3. The fourth-order valence-electron chi connectivity index (χ4n) is 3.69. The zero-order valence-corrected chi connectivity index (χ0v) is 13.2. The van der Waals surface area contributed by atoms with Crippen molar-refractivity contribution in [1.82, 2.24) is 14.9 Å². The van der Waals surface area contributed by atoms with E-state index in [0.29, 0.717) is 16.8 Å². The van der Waals surface area contributed by atoms with Crippen LogP contribution in [0.1, 0.15) is 28.1 Å². The summed E-state index contributed by atoms with van der Waals surface area (Å²) in [6, 6.07) is 0.396. The summed E-state index contributed by atoms with van der Waals surface area (Å²) in [6.45, 7) is 5.28. The maximum Gasteiger partial charge on any atom is 0.346 e. The number of nitrogens with one attached hydrogen (secondary N) is 1. The molecule has 6 nitrogen and oxygen atoms in total. The van der Waals surface area contributed by atoms with Crippen molar-refractivity contribution in [2.24, 2.45) is 5.92 Å². The fourth-order valence-corrected chi connectivity index (χ4v) is 4.68. The Morgan fingerprint density at radius 2 is 2.18 bits per heavy atom. The van der Waals surface area contributed by atoms with Gasteiger partial charge in [0.2, 0.25) is 0 Å². The number of carboxylic acids is 1. The molecule has 116 valence electrons. The lowest BCUT2D eigenvalue weighted by molar-refractivity contribution is 0.0701. The van der Waals surface area contributed by atoms with Crippen molar-refractivity contribution in [2.75, 3.05) is 25.0 Å². The highest BCUT2D eigenvalue weighted by Crippen LogP contribution is 2.35. The molecule has 7 heteroatoms. The van der Waals surface area contributed by atoms with Crippen LogP contribution in [-0.4, -0.2) is 51.6 Å². The van der Waals surface area contributed by atoms with Gasteiger partial charge in [-0.15, -0.1) is 11.3 Å². The number of nitrogens with zero attached hydrogens (tertiary/aromatic N) is 3. The van der Waals surface area contributed by atoms with Gasteiger partial charge in [0.05, 0.1) is 5.39 Å². The monoisotopic (exact) mass is 318 g/mol. The van der Waals surface area contributed by atoms with Crippen molar-refractivity contribution < 1.29 is 9.90 Å². The normalized spacial score (nSPS) is 27.2. The van der Waals surface area contributed by atoms with Crippen LogP contribution in [0.5, 0.6) is 0 Å². The van der Waals surface area contributed by atoms with Gasteiger partial charge >= 0.3 is 5.97 Å². The van der Waals surface area contributed by atoms with E-state index >= 15 is 0 Å². The third-order valence-corrected chi connectivity index (χ3v) is 6.09. The van der Waals surface area contributed by atoms with Gasteiger partial charge in [0, 0.05) is 12.6 Å². The van der Waals surface area contributed by atoms with E-state index in [9.17, 15) is 9.90 Å². The second-order valence-corrected chi connectivity index (χ2v) is 7.15. The molecule has 1 unspecified atom stereocenters. The number of rotatable bonds is 3. The zero-order chi connectivity index (χ0) is 15.3. The number of anilines is 1. The van der Waals surface area contributed by atoms with Crippen LogP contribution < -0.4 is 5.32 Å². The van der Waals surface area contributed by atoms with Gasteiger partial charge in [0.1, 0.15) is 21.9 Å². The molecule has 2 aromatic heterocycles. The Morgan fingerprint density at radius 3 is 2.82 bits per heavy atom. The molecule has 0 aromatic carbocycles. The Labute approximate surface area is 132 Å². The van der Waals surface area contributed by atoms with Gasteiger partial charge in [0.15, 0.2) is 0 Å². The molecule has 3 fully saturated rings. The quantitative estimate of drug-likeness (QED) is 0.903. The molecule has 0 saturated carbocycles. The third-order valence-electron chi connectivity index (χ3n) is 4.90. The summed E-state index contributed by atoms with van der Waals surface area (Å²) in [5.74, 6) is 0.576. The Morgan fingerprint density at radius 1 is 1.41 bits per heavy atom. The summed E-state index contributed by atoms with van der Waals surface area (Å²) >= 11 is 1.22. The zero-order valence-electron chi connectivity index (χ0n) is 12.4. The van der Waals surface area contributed by atoms with E-state index < -0.39 is 5.97 Å². The number of thiophene rings is 1. The molecule has 22 heavy (non-hydrogen) atoms. The number of hydrogen-bond acceptors (Lipinski definition) is 6. The molecule has 5 heterocycles. The first-order chi connectivity index (χ1) is 10.6. The SMILES string of the molecule is Cc1c(C(=O)O)sc2ncnc(NC3CN4CCC3CC4)c12. The van der Waals surface area contributed by atoms with E-state index in [4.69, 9.17) is 0 Å². The molecular formula is C15H18N4O2S. The van der Waals surface area contributed by atoms with Gasteiger partial charge in [0.25, 0.3) is 0 Å². The van der Waals surface area contributed by atoms with Gasteiger partial charge in [-0.25, -0.2) is 14.8 Å². The minimum Gasteiger partial charge on any atom is -0.477 e. The Balaban J connectivity index is 1.71. The smallest absolute Gasteiger partial charge is 0.346 e. The Hall–Kier alpha value is -1.73. The number of aromatic nitrogens is 2. The molecule has 0 aliphatic carbocycles. The minimum absolute atomic E-state index is 0.354. The van der Waals surface area contributed by atoms with Crippen molar-refractivity contribution in [2.45, 2.75) is 25.8 Å². The molecule has 3 aliphatic rings. The maximum absolute atomic E-state index is 11.3. The predicted octanol–water partition coefficient (Wildman–Crippen LogP) is 2.20. The molecule has 0 amide bonds. The summed E-state index contributed by atoms with van der Waals surface area (Å²) in [5, 5.41) is 13.7. The van der Waals surface area contributed by atoms with Crippen molar-refractivity contribution >= 4 is 33.3 Å². The molecule has 0 spiro atoms. The lowest BCUT2D eigenvalue weighted by Gasteiger charge is -2.45. The number of fused-ring (bicyclic) bond motifs is 4. The number of carboxylic acid groups (broad SMARTS) is 1. The second-order valence-electron chi connectivity index (χ2n) is 6.15. The number of carbonyl (C=O) groups is 1. The van der Waals surface area contributed by atoms with Crippen LogP contribution in [0.3, 0.4) is 0 Å². The number of aryl methyl sites for hydroxylation is 1. The Bertz CT molecular complexity index is 736. The van der Waals surface area contributed by atoms with Gasteiger partial charge in [-0.05, 0) is 44.3 Å². The number of piperidine rings is 3. The van der Waals surface area contributed by atoms with E-state index in [-0.39, 0.29) is 0 Å². The first kappa shape index (κ1) is 13.9. The molecule has 3 saturated heterocycles. The molecule has 3 aliphatic heterocycles. The molecule has 1 atom stereocenters. The average Bonchev–Trinajstić information content (AvgIpc) is 2.87. The van der Waals surface area contributed by atoms with Gasteiger partial charge < -0.3 is 15.3 Å². The van der Waals surface area contributed by atoms with Crippen LogP contribution >= 0.6 is 11.3 Å². The highest BCUT2D eigenvalue weighted by Gasteiger charge is 2.34. The van der Waals surface area contributed by atoms with E-state index in [1.807, 2.05) is 6.92 Å². The lowest BCUT2D eigenvalue weighted by Crippen LogP contribution is -2.53.